The quantitative estimate of drug-likeness (QED) is 0.305. The zero-order valence-corrected chi connectivity index (χ0v) is 18.8. The summed E-state index contributed by atoms with van der Waals surface area (Å²) in [5, 5.41) is 6.21. The Hall–Kier alpha value is -3.15. The van der Waals surface area contributed by atoms with Gasteiger partial charge in [-0.1, -0.05) is 41.4 Å². The van der Waals surface area contributed by atoms with Crippen LogP contribution in [0.1, 0.15) is 33.0 Å². The van der Waals surface area contributed by atoms with E-state index in [0.29, 0.717) is 21.3 Å². The highest BCUT2D eigenvalue weighted by Gasteiger charge is 2.13. The van der Waals surface area contributed by atoms with Crippen molar-refractivity contribution in [3.05, 3.63) is 92.9 Å². The minimum atomic E-state index is -0.303. The summed E-state index contributed by atoms with van der Waals surface area (Å²) in [4.78, 5) is 17.2. The van der Waals surface area contributed by atoms with Gasteiger partial charge >= 0.3 is 0 Å². The molecule has 0 saturated heterocycles. The number of halogens is 2. The highest BCUT2D eigenvalue weighted by atomic mass is 35.5. The molecule has 31 heavy (non-hydrogen) atoms. The molecule has 0 aliphatic heterocycles. The molecule has 4 rings (SSSR count). The maximum atomic E-state index is 12.7. The third-order valence-corrected chi connectivity index (χ3v) is 5.54. The van der Waals surface area contributed by atoms with Crippen molar-refractivity contribution in [2.45, 2.75) is 20.8 Å². The minimum absolute atomic E-state index is 0.303. The van der Waals surface area contributed by atoms with Gasteiger partial charge in [0.05, 0.1) is 23.0 Å². The monoisotopic (exact) mass is 450 g/mol. The minimum Gasteiger partial charge on any atom is -0.318 e. The zero-order chi connectivity index (χ0) is 22.1. The van der Waals surface area contributed by atoms with Crippen LogP contribution in [0.3, 0.4) is 0 Å². The Bertz CT molecular complexity index is 1320. The molecule has 0 aliphatic carbocycles. The van der Waals surface area contributed by atoms with Crippen LogP contribution < -0.4 is 5.43 Å². The van der Waals surface area contributed by atoms with Crippen molar-refractivity contribution in [2.75, 3.05) is 0 Å². The number of pyridine rings is 1. The van der Waals surface area contributed by atoms with Gasteiger partial charge in [-0.15, -0.1) is 0 Å². The third-order valence-electron chi connectivity index (χ3n) is 5.10. The predicted molar refractivity (Wildman–Crippen MR) is 127 cm³/mol. The second-order valence-electron chi connectivity index (χ2n) is 7.30. The number of hydrogen-bond acceptors (Lipinski definition) is 3. The number of fused-ring (bicyclic) bond motifs is 1. The molecule has 7 heteroatoms. The van der Waals surface area contributed by atoms with Gasteiger partial charge in [-0.3, -0.25) is 9.78 Å². The SMILES string of the molecule is Cc1nc2ccccc2cc1C(=O)N/N=C/c1cc(C)n(-c2cc(Cl)cc(Cl)c2)c1C. The van der Waals surface area contributed by atoms with Crippen LogP contribution in [0.25, 0.3) is 16.6 Å². The maximum absolute atomic E-state index is 12.7. The number of carbonyl (C=O) groups excluding carboxylic acids is 1. The van der Waals surface area contributed by atoms with Crippen molar-refractivity contribution >= 4 is 46.2 Å². The van der Waals surface area contributed by atoms with E-state index in [9.17, 15) is 4.79 Å². The van der Waals surface area contributed by atoms with E-state index in [-0.39, 0.29) is 5.91 Å². The first-order chi connectivity index (χ1) is 14.8. The summed E-state index contributed by atoms with van der Waals surface area (Å²) in [6, 6.07) is 16.9. The molecule has 0 radical (unpaired) electrons. The number of rotatable bonds is 4. The Labute approximate surface area is 190 Å². The highest BCUT2D eigenvalue weighted by molar-refractivity contribution is 6.34. The van der Waals surface area contributed by atoms with E-state index in [1.54, 1.807) is 12.3 Å². The Morgan fingerprint density at radius 2 is 1.74 bits per heavy atom. The van der Waals surface area contributed by atoms with Gasteiger partial charge < -0.3 is 4.57 Å². The van der Waals surface area contributed by atoms with Crippen LogP contribution in [-0.2, 0) is 0 Å². The number of nitrogens with zero attached hydrogens (tertiary/aromatic N) is 3. The van der Waals surface area contributed by atoms with Crippen molar-refractivity contribution in [2.24, 2.45) is 5.10 Å². The number of hydrazone groups is 1. The van der Waals surface area contributed by atoms with Crippen LogP contribution in [-0.4, -0.2) is 21.7 Å². The first-order valence-corrected chi connectivity index (χ1v) is 10.4. The van der Waals surface area contributed by atoms with E-state index in [0.717, 1.165) is 33.5 Å². The lowest BCUT2D eigenvalue weighted by atomic mass is 10.1. The molecule has 0 bridgehead atoms. The lowest BCUT2D eigenvalue weighted by Crippen LogP contribution is -2.19. The van der Waals surface area contributed by atoms with Crippen molar-refractivity contribution in [1.29, 1.82) is 0 Å². The summed E-state index contributed by atoms with van der Waals surface area (Å²) in [6.45, 7) is 5.78. The molecule has 0 fully saturated rings. The maximum Gasteiger partial charge on any atom is 0.273 e. The molecule has 0 atom stereocenters. The fraction of sp³-hybridized carbons (Fsp3) is 0.125. The van der Waals surface area contributed by atoms with Crippen LogP contribution in [0, 0.1) is 20.8 Å². The fourth-order valence-corrected chi connectivity index (χ4v) is 4.16. The Morgan fingerprint density at radius 3 is 2.48 bits per heavy atom. The number of carbonyl (C=O) groups is 1. The topological polar surface area (TPSA) is 59.3 Å². The Balaban J connectivity index is 1.57. The lowest BCUT2D eigenvalue weighted by molar-refractivity contribution is 0.0954. The van der Waals surface area contributed by atoms with E-state index in [1.807, 2.05) is 73.9 Å². The second kappa shape index (κ2) is 8.53. The molecular weight excluding hydrogens is 431 g/mol. The van der Waals surface area contributed by atoms with Gasteiger partial charge in [0.1, 0.15) is 0 Å². The zero-order valence-electron chi connectivity index (χ0n) is 17.3. The summed E-state index contributed by atoms with van der Waals surface area (Å²) in [7, 11) is 0. The molecule has 1 amide bonds. The summed E-state index contributed by atoms with van der Waals surface area (Å²) >= 11 is 12.3. The van der Waals surface area contributed by atoms with E-state index >= 15 is 0 Å². The molecule has 4 aromatic rings. The number of hydrogen-bond donors (Lipinski definition) is 1. The predicted octanol–water partition coefficient (Wildman–Crippen LogP) is 6.02. The van der Waals surface area contributed by atoms with Crippen LogP contribution in [0.5, 0.6) is 0 Å². The summed E-state index contributed by atoms with van der Waals surface area (Å²) in [6.07, 6.45) is 1.63. The van der Waals surface area contributed by atoms with Crippen molar-refractivity contribution in [3.8, 4) is 5.69 Å². The van der Waals surface area contributed by atoms with Gasteiger partial charge in [0.15, 0.2) is 0 Å². The molecule has 0 unspecified atom stereocenters. The largest absolute Gasteiger partial charge is 0.318 e. The van der Waals surface area contributed by atoms with Crippen molar-refractivity contribution in [3.63, 3.8) is 0 Å². The van der Waals surface area contributed by atoms with E-state index in [4.69, 9.17) is 23.2 Å². The lowest BCUT2D eigenvalue weighted by Gasteiger charge is -2.10. The van der Waals surface area contributed by atoms with Gasteiger partial charge in [-0.25, -0.2) is 5.43 Å². The normalized spacial score (nSPS) is 11.4. The Kier molecular flexibility index (Phi) is 5.81. The summed E-state index contributed by atoms with van der Waals surface area (Å²) in [5.74, 6) is -0.303. The number of aromatic nitrogens is 2. The number of para-hydroxylation sites is 1. The molecule has 0 aliphatic rings. The number of nitrogens with one attached hydrogen (secondary N) is 1. The summed E-state index contributed by atoms with van der Waals surface area (Å²) < 4.78 is 2.04. The molecule has 0 spiro atoms. The van der Waals surface area contributed by atoms with Crippen LogP contribution in [0.2, 0.25) is 10.0 Å². The number of amides is 1. The first-order valence-electron chi connectivity index (χ1n) is 9.68. The number of aryl methyl sites for hydroxylation is 2. The third kappa shape index (κ3) is 4.33. The van der Waals surface area contributed by atoms with Gasteiger partial charge in [0, 0.05) is 38.1 Å². The standard InChI is InChI=1S/C24H20Cl2N4O/c1-14-8-18(16(3)30(14)21-11-19(25)10-20(26)12-21)13-27-29-24(31)22-9-17-6-4-5-7-23(17)28-15(22)2/h4-13H,1-3H3,(H,29,31)/b27-13+. The van der Waals surface area contributed by atoms with E-state index < -0.39 is 0 Å². The molecule has 156 valence electrons. The highest BCUT2D eigenvalue weighted by Crippen LogP contribution is 2.26. The first kappa shape index (κ1) is 21.1. The average molecular weight is 451 g/mol. The van der Waals surface area contributed by atoms with Crippen molar-refractivity contribution in [1.82, 2.24) is 15.0 Å². The van der Waals surface area contributed by atoms with Crippen molar-refractivity contribution < 1.29 is 4.79 Å². The molecular formula is C24H20Cl2N4O. The fourth-order valence-electron chi connectivity index (χ4n) is 3.65. The second-order valence-corrected chi connectivity index (χ2v) is 8.18. The molecule has 1 N–H and O–H groups in total. The van der Waals surface area contributed by atoms with Crippen LogP contribution >= 0.6 is 23.2 Å². The smallest absolute Gasteiger partial charge is 0.273 e. The molecule has 0 saturated carbocycles. The van der Waals surface area contributed by atoms with Crippen LogP contribution in [0.15, 0.2) is 59.7 Å². The summed E-state index contributed by atoms with van der Waals surface area (Å²) in [5.41, 5.74) is 8.31. The molecule has 2 aromatic carbocycles. The molecule has 2 heterocycles. The van der Waals surface area contributed by atoms with Gasteiger partial charge in [-0.05, 0) is 57.2 Å². The molecule has 5 nitrogen and oxygen atoms in total. The van der Waals surface area contributed by atoms with E-state index in [2.05, 4.69) is 15.5 Å². The molecule has 2 aromatic heterocycles. The Morgan fingerprint density at radius 1 is 1.03 bits per heavy atom. The number of benzene rings is 2. The van der Waals surface area contributed by atoms with Gasteiger partial charge in [-0.2, -0.15) is 5.10 Å². The van der Waals surface area contributed by atoms with Gasteiger partial charge in [0.25, 0.3) is 5.91 Å². The average Bonchev–Trinajstić information content (AvgIpc) is 2.99. The van der Waals surface area contributed by atoms with Gasteiger partial charge in [0.2, 0.25) is 0 Å². The van der Waals surface area contributed by atoms with E-state index in [1.165, 1.54) is 0 Å². The van der Waals surface area contributed by atoms with Crippen LogP contribution in [0.4, 0.5) is 0 Å².